The fourth-order valence-electron chi connectivity index (χ4n) is 3.23. The number of nitrogens with one attached hydrogen (secondary N) is 1. The lowest BCUT2D eigenvalue weighted by molar-refractivity contribution is 0.333. The lowest BCUT2D eigenvalue weighted by atomic mass is 9.87. The van der Waals surface area contributed by atoms with E-state index in [0.717, 1.165) is 19.0 Å². The molecular weight excluding hydrogens is 244 g/mol. The highest BCUT2D eigenvalue weighted by Crippen LogP contribution is 2.25. The predicted octanol–water partition coefficient (Wildman–Crippen LogP) is 3.81. The Bertz CT molecular complexity index is 381. The van der Waals surface area contributed by atoms with Crippen LogP contribution in [-0.2, 0) is 13.1 Å². The second-order valence-electron chi connectivity index (χ2n) is 6.48. The van der Waals surface area contributed by atoms with E-state index in [1.165, 1.54) is 56.2 Å². The van der Waals surface area contributed by atoms with Crippen molar-refractivity contribution in [1.82, 2.24) is 10.2 Å². The van der Waals surface area contributed by atoms with E-state index in [-0.39, 0.29) is 0 Å². The van der Waals surface area contributed by atoms with Crippen molar-refractivity contribution in [3.8, 4) is 0 Å². The first-order valence-electron chi connectivity index (χ1n) is 8.18. The molecule has 0 amide bonds. The van der Waals surface area contributed by atoms with Crippen molar-refractivity contribution in [2.24, 2.45) is 5.92 Å². The fourth-order valence-corrected chi connectivity index (χ4v) is 3.23. The molecule has 1 N–H and O–H groups in total. The van der Waals surface area contributed by atoms with Gasteiger partial charge in [-0.3, -0.25) is 0 Å². The molecule has 1 fully saturated rings. The zero-order valence-corrected chi connectivity index (χ0v) is 13.2. The molecule has 112 valence electrons. The fraction of sp³-hybridized carbons (Fsp3) is 0.667. The second-order valence-corrected chi connectivity index (χ2v) is 6.48. The third kappa shape index (κ3) is 5.26. The predicted molar refractivity (Wildman–Crippen MR) is 86.7 cm³/mol. The van der Waals surface area contributed by atoms with Crippen molar-refractivity contribution in [3.63, 3.8) is 0 Å². The van der Waals surface area contributed by atoms with Crippen LogP contribution in [0, 0.1) is 5.92 Å². The van der Waals surface area contributed by atoms with Crippen molar-refractivity contribution in [2.45, 2.75) is 51.6 Å². The Labute approximate surface area is 124 Å². The van der Waals surface area contributed by atoms with E-state index in [1.807, 2.05) is 0 Å². The minimum Gasteiger partial charge on any atom is -0.313 e. The van der Waals surface area contributed by atoms with Gasteiger partial charge >= 0.3 is 0 Å². The minimum atomic E-state index is 0.980. The molecule has 0 bridgehead atoms. The van der Waals surface area contributed by atoms with Gasteiger partial charge in [-0.05, 0) is 44.1 Å². The van der Waals surface area contributed by atoms with Crippen LogP contribution in [0.4, 0.5) is 0 Å². The lowest BCUT2D eigenvalue weighted by Gasteiger charge is -2.21. The summed E-state index contributed by atoms with van der Waals surface area (Å²) in [6, 6.07) is 8.80. The summed E-state index contributed by atoms with van der Waals surface area (Å²) in [5.74, 6) is 0.980. The highest BCUT2D eigenvalue weighted by atomic mass is 15.0. The molecule has 1 saturated carbocycles. The first kappa shape index (κ1) is 15.5. The van der Waals surface area contributed by atoms with Gasteiger partial charge in [-0.25, -0.2) is 0 Å². The Morgan fingerprint density at radius 1 is 1.05 bits per heavy atom. The number of hydrogen-bond acceptors (Lipinski definition) is 2. The average Bonchev–Trinajstić information content (AvgIpc) is 2.46. The summed E-state index contributed by atoms with van der Waals surface area (Å²) in [6.45, 7) is 3.21. The van der Waals surface area contributed by atoms with Gasteiger partial charge in [0.25, 0.3) is 0 Å². The first-order valence-corrected chi connectivity index (χ1v) is 8.18. The zero-order chi connectivity index (χ0) is 14.2. The number of nitrogens with zero attached hydrogens (tertiary/aromatic N) is 1. The Morgan fingerprint density at radius 2 is 1.75 bits per heavy atom. The second kappa shape index (κ2) is 8.43. The lowest BCUT2D eigenvalue weighted by Crippen LogP contribution is -2.20. The van der Waals surface area contributed by atoms with Gasteiger partial charge in [-0.15, -0.1) is 0 Å². The molecule has 0 atom stereocenters. The maximum absolute atomic E-state index is 3.64. The van der Waals surface area contributed by atoms with Crippen LogP contribution in [0.15, 0.2) is 24.3 Å². The Hall–Kier alpha value is -0.860. The SMILES string of the molecule is CN(C)Cc1ccccc1CNCCC1CCCCC1. The largest absolute Gasteiger partial charge is 0.313 e. The van der Waals surface area contributed by atoms with E-state index in [1.54, 1.807) is 0 Å². The molecule has 1 aromatic rings. The monoisotopic (exact) mass is 274 g/mol. The first-order chi connectivity index (χ1) is 9.75. The quantitative estimate of drug-likeness (QED) is 0.761. The number of hydrogen-bond donors (Lipinski definition) is 1. The van der Waals surface area contributed by atoms with Crippen LogP contribution < -0.4 is 5.32 Å². The van der Waals surface area contributed by atoms with Gasteiger partial charge in [-0.2, -0.15) is 0 Å². The third-order valence-electron chi connectivity index (χ3n) is 4.37. The van der Waals surface area contributed by atoms with Crippen LogP contribution in [-0.4, -0.2) is 25.5 Å². The molecule has 0 unspecified atom stereocenters. The molecule has 0 radical (unpaired) electrons. The van der Waals surface area contributed by atoms with Gasteiger partial charge < -0.3 is 10.2 Å². The van der Waals surface area contributed by atoms with E-state index in [0.29, 0.717) is 0 Å². The molecule has 1 aliphatic rings. The van der Waals surface area contributed by atoms with Crippen LogP contribution >= 0.6 is 0 Å². The highest BCUT2D eigenvalue weighted by Gasteiger charge is 2.12. The van der Waals surface area contributed by atoms with Gasteiger partial charge in [-0.1, -0.05) is 56.4 Å². The molecule has 1 aliphatic carbocycles. The summed E-state index contributed by atoms with van der Waals surface area (Å²) < 4.78 is 0. The van der Waals surface area contributed by atoms with Gasteiger partial charge in [0, 0.05) is 13.1 Å². The van der Waals surface area contributed by atoms with Crippen LogP contribution in [0.2, 0.25) is 0 Å². The molecule has 2 rings (SSSR count). The van der Waals surface area contributed by atoms with Crippen LogP contribution in [0.25, 0.3) is 0 Å². The van der Waals surface area contributed by atoms with Gasteiger partial charge in [0.15, 0.2) is 0 Å². The average molecular weight is 274 g/mol. The summed E-state index contributed by atoms with van der Waals surface area (Å²) in [6.07, 6.45) is 8.64. The molecule has 2 nitrogen and oxygen atoms in total. The topological polar surface area (TPSA) is 15.3 Å². The Balaban J connectivity index is 1.73. The molecule has 0 aromatic heterocycles. The van der Waals surface area contributed by atoms with E-state index >= 15 is 0 Å². The van der Waals surface area contributed by atoms with Crippen LogP contribution in [0.1, 0.15) is 49.7 Å². The molecule has 0 spiro atoms. The molecule has 1 aromatic carbocycles. The summed E-state index contributed by atoms with van der Waals surface area (Å²) in [5, 5.41) is 3.64. The van der Waals surface area contributed by atoms with Crippen molar-refractivity contribution in [2.75, 3.05) is 20.6 Å². The highest BCUT2D eigenvalue weighted by molar-refractivity contribution is 5.26. The van der Waals surface area contributed by atoms with Crippen LogP contribution in [0.3, 0.4) is 0 Å². The summed E-state index contributed by atoms with van der Waals surface area (Å²) >= 11 is 0. The van der Waals surface area contributed by atoms with Crippen LogP contribution in [0.5, 0.6) is 0 Å². The van der Waals surface area contributed by atoms with E-state index in [2.05, 4.69) is 48.6 Å². The Kier molecular flexibility index (Phi) is 6.55. The maximum Gasteiger partial charge on any atom is 0.0230 e. The van der Waals surface area contributed by atoms with Gasteiger partial charge in [0.05, 0.1) is 0 Å². The molecule has 0 heterocycles. The van der Waals surface area contributed by atoms with Crippen molar-refractivity contribution in [1.29, 1.82) is 0 Å². The smallest absolute Gasteiger partial charge is 0.0230 e. The molecule has 0 saturated heterocycles. The minimum absolute atomic E-state index is 0.980. The third-order valence-corrected chi connectivity index (χ3v) is 4.37. The van der Waals surface area contributed by atoms with Crippen molar-refractivity contribution < 1.29 is 0 Å². The summed E-state index contributed by atoms with van der Waals surface area (Å²) in [7, 11) is 4.26. The van der Waals surface area contributed by atoms with E-state index < -0.39 is 0 Å². The maximum atomic E-state index is 3.64. The molecule has 2 heteroatoms. The van der Waals surface area contributed by atoms with Gasteiger partial charge in [0.2, 0.25) is 0 Å². The van der Waals surface area contributed by atoms with Crippen molar-refractivity contribution in [3.05, 3.63) is 35.4 Å². The molecule has 20 heavy (non-hydrogen) atoms. The number of benzene rings is 1. The molecule has 0 aliphatic heterocycles. The zero-order valence-electron chi connectivity index (χ0n) is 13.2. The standard InChI is InChI=1S/C18H30N2/c1-20(2)15-18-11-7-6-10-17(18)14-19-13-12-16-8-4-3-5-9-16/h6-7,10-11,16,19H,3-5,8-9,12-15H2,1-2H3. The van der Waals surface area contributed by atoms with Gasteiger partial charge in [0.1, 0.15) is 0 Å². The Morgan fingerprint density at radius 3 is 2.45 bits per heavy atom. The summed E-state index contributed by atoms with van der Waals surface area (Å²) in [5.41, 5.74) is 2.90. The molecular formula is C18H30N2. The summed E-state index contributed by atoms with van der Waals surface area (Å²) in [4.78, 5) is 2.24. The van der Waals surface area contributed by atoms with E-state index in [9.17, 15) is 0 Å². The van der Waals surface area contributed by atoms with Crippen molar-refractivity contribution >= 4 is 0 Å². The number of rotatable bonds is 7. The van der Waals surface area contributed by atoms with E-state index in [4.69, 9.17) is 0 Å². The normalized spacial score (nSPS) is 16.8.